The summed E-state index contributed by atoms with van der Waals surface area (Å²) in [5, 5.41) is 11.6. The summed E-state index contributed by atoms with van der Waals surface area (Å²) in [6.45, 7) is 8.64. The third-order valence-corrected chi connectivity index (χ3v) is 3.80. The van der Waals surface area contributed by atoms with Crippen LogP contribution in [0.5, 0.6) is 0 Å². The van der Waals surface area contributed by atoms with Crippen molar-refractivity contribution in [2.24, 2.45) is 0 Å². The van der Waals surface area contributed by atoms with E-state index in [1.807, 2.05) is 27.7 Å². The highest BCUT2D eigenvalue weighted by molar-refractivity contribution is 7.74. The lowest BCUT2D eigenvalue weighted by molar-refractivity contribution is -0.261. The zero-order valence-electron chi connectivity index (χ0n) is 12.1. The highest BCUT2D eigenvalue weighted by Gasteiger charge is 2.45. The monoisotopic (exact) mass is 295 g/mol. The Balaban J connectivity index is 2.37. The second-order valence-corrected chi connectivity index (χ2v) is 6.90. The van der Waals surface area contributed by atoms with Crippen LogP contribution in [0.15, 0.2) is 0 Å². The van der Waals surface area contributed by atoms with Crippen molar-refractivity contribution in [3.8, 4) is 0 Å². The summed E-state index contributed by atoms with van der Waals surface area (Å²) >= 11 is -2.20. The lowest BCUT2D eigenvalue weighted by Gasteiger charge is -2.51. The lowest BCUT2D eigenvalue weighted by atomic mass is 9.80. The summed E-state index contributed by atoms with van der Waals surface area (Å²) < 4.78 is 29.0. The SMILES string of the molecule is CC1(C)CC(OCCCOS(=O)O)CC(C)(C)N1O. The molecule has 0 bridgehead atoms. The molecule has 6 nitrogen and oxygen atoms in total. The smallest absolute Gasteiger partial charge is 0.301 e. The molecule has 0 aromatic carbocycles. The molecule has 0 amide bonds. The Bertz CT molecular complexity index is 303. The zero-order valence-corrected chi connectivity index (χ0v) is 12.9. The molecule has 1 aliphatic rings. The fourth-order valence-corrected chi connectivity index (χ4v) is 3.00. The number of rotatable bonds is 6. The second kappa shape index (κ2) is 6.60. The topological polar surface area (TPSA) is 79.2 Å². The van der Waals surface area contributed by atoms with Crippen molar-refractivity contribution in [2.75, 3.05) is 13.2 Å². The Morgan fingerprint density at radius 2 is 1.74 bits per heavy atom. The first-order valence-electron chi connectivity index (χ1n) is 6.50. The van der Waals surface area contributed by atoms with Gasteiger partial charge < -0.3 is 9.94 Å². The van der Waals surface area contributed by atoms with E-state index < -0.39 is 11.4 Å². The molecule has 1 rings (SSSR count). The molecule has 1 fully saturated rings. The van der Waals surface area contributed by atoms with E-state index in [4.69, 9.17) is 9.29 Å². The number of piperidine rings is 1. The van der Waals surface area contributed by atoms with E-state index in [0.717, 1.165) is 12.8 Å². The van der Waals surface area contributed by atoms with E-state index in [1.54, 1.807) is 0 Å². The molecular formula is C12H25NO5S. The fraction of sp³-hybridized carbons (Fsp3) is 1.00. The maximum absolute atomic E-state index is 10.3. The Morgan fingerprint density at radius 1 is 1.21 bits per heavy atom. The largest absolute Gasteiger partial charge is 0.378 e. The maximum Gasteiger partial charge on any atom is 0.301 e. The van der Waals surface area contributed by atoms with Crippen molar-refractivity contribution in [2.45, 2.75) is 64.1 Å². The predicted molar refractivity (Wildman–Crippen MR) is 72.1 cm³/mol. The molecule has 2 N–H and O–H groups in total. The molecule has 1 heterocycles. The summed E-state index contributed by atoms with van der Waals surface area (Å²) in [6.07, 6.45) is 2.15. The number of hydrogen-bond donors (Lipinski definition) is 2. The molecular weight excluding hydrogens is 270 g/mol. The van der Waals surface area contributed by atoms with Crippen LogP contribution in [-0.2, 0) is 20.3 Å². The van der Waals surface area contributed by atoms with Crippen LogP contribution in [0.2, 0.25) is 0 Å². The molecule has 0 spiro atoms. The number of ether oxygens (including phenoxy) is 1. The van der Waals surface area contributed by atoms with Crippen molar-refractivity contribution >= 4 is 11.4 Å². The van der Waals surface area contributed by atoms with Gasteiger partial charge in [0.15, 0.2) is 0 Å². The number of hydroxylamine groups is 2. The summed E-state index contributed by atoms with van der Waals surface area (Å²) in [6, 6.07) is 0. The van der Waals surface area contributed by atoms with Crippen LogP contribution >= 0.6 is 0 Å². The van der Waals surface area contributed by atoms with Crippen LogP contribution in [0.3, 0.4) is 0 Å². The van der Waals surface area contributed by atoms with Crippen molar-refractivity contribution < 1.29 is 22.9 Å². The van der Waals surface area contributed by atoms with Gasteiger partial charge in [0, 0.05) is 17.7 Å². The molecule has 0 radical (unpaired) electrons. The molecule has 1 unspecified atom stereocenters. The van der Waals surface area contributed by atoms with Crippen LogP contribution in [0, 0.1) is 0 Å². The molecule has 114 valence electrons. The standard InChI is InChI=1S/C12H25NO5S/c1-11(2)8-10(9-12(3,4)13(11)14)17-6-5-7-18-19(15)16/h10,14H,5-9H2,1-4H3,(H,15,16). The molecule has 0 aromatic heterocycles. The molecule has 7 heteroatoms. The average Bonchev–Trinajstić information content (AvgIpc) is 2.24. The highest BCUT2D eigenvalue weighted by Crippen LogP contribution is 2.37. The molecule has 19 heavy (non-hydrogen) atoms. The molecule has 1 saturated heterocycles. The van der Waals surface area contributed by atoms with Crippen molar-refractivity contribution in [3.63, 3.8) is 0 Å². The predicted octanol–water partition coefficient (Wildman–Crippen LogP) is 1.96. The van der Waals surface area contributed by atoms with Crippen LogP contribution < -0.4 is 0 Å². The van der Waals surface area contributed by atoms with Crippen molar-refractivity contribution in [3.05, 3.63) is 0 Å². The summed E-state index contributed by atoms with van der Waals surface area (Å²) in [5.74, 6) is 0. The van der Waals surface area contributed by atoms with Crippen LogP contribution in [0.4, 0.5) is 0 Å². The van der Waals surface area contributed by atoms with Gasteiger partial charge in [-0.15, -0.1) is 0 Å². The lowest BCUT2D eigenvalue weighted by Crippen LogP contribution is -2.60. The number of hydrogen-bond acceptors (Lipinski definition) is 5. The van der Waals surface area contributed by atoms with E-state index >= 15 is 0 Å². The van der Waals surface area contributed by atoms with Gasteiger partial charge in [-0.1, -0.05) is 0 Å². The third kappa shape index (κ3) is 5.09. The molecule has 0 saturated carbocycles. The summed E-state index contributed by atoms with van der Waals surface area (Å²) in [7, 11) is 0. The quantitative estimate of drug-likeness (QED) is 0.576. The fourth-order valence-electron chi connectivity index (χ4n) is 2.74. The zero-order chi connectivity index (χ0) is 14.7. The van der Waals surface area contributed by atoms with Gasteiger partial charge in [-0.2, -0.15) is 9.27 Å². The van der Waals surface area contributed by atoms with Crippen LogP contribution in [0.25, 0.3) is 0 Å². The van der Waals surface area contributed by atoms with Gasteiger partial charge in [-0.05, 0) is 47.0 Å². The Morgan fingerprint density at radius 3 is 2.21 bits per heavy atom. The van der Waals surface area contributed by atoms with Crippen molar-refractivity contribution in [1.29, 1.82) is 0 Å². The second-order valence-electron chi connectivity index (χ2n) is 6.23. The normalized spacial score (nSPS) is 25.4. The molecule has 1 atom stereocenters. The molecule has 0 aliphatic carbocycles. The van der Waals surface area contributed by atoms with Gasteiger partial charge in [-0.25, -0.2) is 0 Å². The first-order chi connectivity index (χ1) is 8.65. The van der Waals surface area contributed by atoms with Gasteiger partial charge in [0.2, 0.25) is 0 Å². The minimum absolute atomic E-state index is 0.0769. The average molecular weight is 295 g/mol. The van der Waals surface area contributed by atoms with Gasteiger partial charge in [0.1, 0.15) is 0 Å². The van der Waals surface area contributed by atoms with Crippen LogP contribution in [-0.4, -0.2) is 49.4 Å². The molecule has 1 aliphatic heterocycles. The highest BCUT2D eigenvalue weighted by atomic mass is 32.2. The summed E-state index contributed by atoms with van der Waals surface area (Å²) in [4.78, 5) is 0. The Kier molecular flexibility index (Phi) is 5.91. The van der Waals surface area contributed by atoms with Gasteiger partial charge >= 0.3 is 11.4 Å². The summed E-state index contributed by atoms with van der Waals surface area (Å²) in [5.41, 5.74) is -0.648. The van der Waals surface area contributed by atoms with E-state index in [-0.39, 0.29) is 23.8 Å². The van der Waals surface area contributed by atoms with Crippen LogP contribution in [0.1, 0.15) is 47.0 Å². The first-order valence-corrected chi connectivity index (χ1v) is 7.53. The van der Waals surface area contributed by atoms with Gasteiger partial charge in [0.05, 0.1) is 12.7 Å². The molecule has 0 aromatic rings. The first kappa shape index (κ1) is 17.0. The van der Waals surface area contributed by atoms with E-state index in [2.05, 4.69) is 4.18 Å². The number of nitrogens with zero attached hydrogens (tertiary/aromatic N) is 1. The maximum atomic E-state index is 10.3. The van der Waals surface area contributed by atoms with Gasteiger partial charge in [0.25, 0.3) is 0 Å². The van der Waals surface area contributed by atoms with Gasteiger partial charge in [-0.3, -0.25) is 8.74 Å². The Hall–Kier alpha value is -0.0500. The van der Waals surface area contributed by atoms with E-state index in [1.165, 1.54) is 5.06 Å². The van der Waals surface area contributed by atoms with E-state index in [9.17, 15) is 9.42 Å². The van der Waals surface area contributed by atoms with E-state index in [0.29, 0.717) is 13.0 Å². The van der Waals surface area contributed by atoms with Crippen molar-refractivity contribution in [1.82, 2.24) is 5.06 Å². The Labute approximate surface area is 117 Å². The third-order valence-electron chi connectivity index (χ3n) is 3.43. The minimum atomic E-state index is -2.20. The minimum Gasteiger partial charge on any atom is -0.378 e.